The third-order valence-electron chi connectivity index (χ3n) is 2.84. The van der Waals surface area contributed by atoms with Crippen LogP contribution >= 0.6 is 11.8 Å². The molecule has 2 aromatic heterocycles. The van der Waals surface area contributed by atoms with Gasteiger partial charge in [-0.15, -0.1) is 11.8 Å². The van der Waals surface area contributed by atoms with Crippen molar-refractivity contribution < 1.29 is 5.11 Å². The highest BCUT2D eigenvalue weighted by molar-refractivity contribution is 7.98. The number of nitrogens with zero attached hydrogens (tertiary/aromatic N) is 3. The number of aromatic hydroxyl groups is 1. The van der Waals surface area contributed by atoms with Crippen molar-refractivity contribution in [3.05, 3.63) is 53.9 Å². The first-order chi connectivity index (χ1) is 9.24. The number of hydrogen-bond acceptors (Lipinski definition) is 4. The average Bonchev–Trinajstić information content (AvgIpc) is 2.81. The summed E-state index contributed by atoms with van der Waals surface area (Å²) in [6.45, 7) is 2.08. The lowest BCUT2D eigenvalue weighted by molar-refractivity contribution is 0.435. The molecule has 2 heterocycles. The zero-order chi connectivity index (χ0) is 13.2. The van der Waals surface area contributed by atoms with Crippen molar-refractivity contribution >= 4 is 17.4 Å². The Balaban J connectivity index is 1.84. The van der Waals surface area contributed by atoms with Crippen LogP contribution in [0, 0.1) is 6.92 Å². The van der Waals surface area contributed by atoms with Gasteiger partial charge in [-0.05, 0) is 19.1 Å². The molecule has 3 rings (SSSR count). The molecule has 4 nitrogen and oxygen atoms in total. The van der Waals surface area contributed by atoms with Crippen LogP contribution in [0.25, 0.3) is 5.65 Å². The molecule has 19 heavy (non-hydrogen) atoms. The van der Waals surface area contributed by atoms with Crippen molar-refractivity contribution in [2.45, 2.75) is 17.6 Å². The minimum Gasteiger partial charge on any atom is -0.493 e. The van der Waals surface area contributed by atoms with Crippen molar-refractivity contribution in [3.8, 4) is 5.88 Å². The van der Waals surface area contributed by atoms with Crippen LogP contribution in [0.1, 0.15) is 11.1 Å². The summed E-state index contributed by atoms with van der Waals surface area (Å²) in [5, 5.41) is 13.8. The Kier molecular flexibility index (Phi) is 3.13. The summed E-state index contributed by atoms with van der Waals surface area (Å²) in [5.74, 6) is 0.889. The maximum atomic E-state index is 9.66. The lowest BCUT2D eigenvalue weighted by Crippen LogP contribution is -1.90. The van der Waals surface area contributed by atoms with E-state index in [0.29, 0.717) is 5.65 Å². The van der Waals surface area contributed by atoms with Gasteiger partial charge in [-0.1, -0.05) is 17.7 Å². The molecule has 1 aromatic carbocycles. The fourth-order valence-corrected chi connectivity index (χ4v) is 2.86. The number of fused-ring (bicyclic) bond motifs is 1. The van der Waals surface area contributed by atoms with Gasteiger partial charge in [-0.2, -0.15) is 9.61 Å². The molecule has 0 aliphatic heterocycles. The molecule has 0 bridgehead atoms. The fourth-order valence-electron chi connectivity index (χ4n) is 1.89. The normalized spacial score (nSPS) is 11.0. The van der Waals surface area contributed by atoms with Gasteiger partial charge in [-0.25, -0.2) is 4.98 Å². The molecule has 0 radical (unpaired) electrons. The van der Waals surface area contributed by atoms with Crippen LogP contribution < -0.4 is 0 Å². The van der Waals surface area contributed by atoms with Crippen molar-refractivity contribution in [1.82, 2.24) is 14.6 Å². The van der Waals surface area contributed by atoms with Crippen LogP contribution in [0.3, 0.4) is 0 Å². The second-order valence-corrected chi connectivity index (χ2v) is 5.36. The molecule has 0 fully saturated rings. The molecule has 3 aromatic rings. The Hall–Kier alpha value is -2.01. The van der Waals surface area contributed by atoms with E-state index in [1.165, 1.54) is 21.0 Å². The second kappa shape index (κ2) is 4.93. The van der Waals surface area contributed by atoms with Crippen LogP contribution in [-0.4, -0.2) is 19.7 Å². The molecule has 0 atom stereocenters. The molecule has 0 amide bonds. The maximum Gasteiger partial charge on any atom is 0.215 e. The van der Waals surface area contributed by atoms with E-state index in [0.717, 1.165) is 11.3 Å². The largest absolute Gasteiger partial charge is 0.493 e. The zero-order valence-electron chi connectivity index (χ0n) is 10.4. The topological polar surface area (TPSA) is 50.4 Å². The van der Waals surface area contributed by atoms with Crippen LogP contribution in [0.15, 0.2) is 47.6 Å². The Bertz CT molecular complexity index is 724. The predicted octanol–water partition coefficient (Wildman–Crippen LogP) is 3.04. The van der Waals surface area contributed by atoms with Crippen molar-refractivity contribution in [1.29, 1.82) is 0 Å². The molecule has 5 heteroatoms. The quantitative estimate of drug-likeness (QED) is 0.744. The summed E-state index contributed by atoms with van der Waals surface area (Å²) >= 11 is 1.74. The number of rotatable bonds is 3. The van der Waals surface area contributed by atoms with Gasteiger partial charge in [0.25, 0.3) is 0 Å². The van der Waals surface area contributed by atoms with E-state index in [2.05, 4.69) is 41.3 Å². The molecule has 0 unspecified atom stereocenters. The summed E-state index contributed by atoms with van der Waals surface area (Å²) in [6.07, 6.45) is 3.35. The van der Waals surface area contributed by atoms with E-state index in [1.54, 1.807) is 24.2 Å². The summed E-state index contributed by atoms with van der Waals surface area (Å²) < 4.78 is 1.45. The van der Waals surface area contributed by atoms with Gasteiger partial charge in [0.1, 0.15) is 0 Å². The van der Waals surface area contributed by atoms with Gasteiger partial charge < -0.3 is 5.11 Å². The van der Waals surface area contributed by atoms with E-state index < -0.39 is 0 Å². The molecule has 0 aliphatic rings. The number of thioether (sulfide) groups is 1. The monoisotopic (exact) mass is 271 g/mol. The highest BCUT2D eigenvalue weighted by atomic mass is 32.2. The standard InChI is InChI=1S/C14H13N3OS/c1-10-3-2-4-12(7-10)19-9-11-8-16-17-13(18)5-6-15-14(11)17/h2-8,18H,9H2,1H3. The Morgan fingerprint density at radius 3 is 3.05 bits per heavy atom. The highest BCUT2D eigenvalue weighted by Gasteiger charge is 2.08. The molecule has 0 aliphatic carbocycles. The Morgan fingerprint density at radius 2 is 2.21 bits per heavy atom. The number of benzene rings is 1. The smallest absolute Gasteiger partial charge is 0.215 e. The second-order valence-electron chi connectivity index (χ2n) is 4.31. The van der Waals surface area contributed by atoms with E-state index in [4.69, 9.17) is 0 Å². The van der Waals surface area contributed by atoms with Crippen LogP contribution in [0.4, 0.5) is 0 Å². The van der Waals surface area contributed by atoms with E-state index >= 15 is 0 Å². The molecular formula is C14H13N3OS. The predicted molar refractivity (Wildman–Crippen MR) is 75.4 cm³/mol. The molecule has 1 N–H and O–H groups in total. The van der Waals surface area contributed by atoms with Gasteiger partial charge in [0.15, 0.2) is 5.65 Å². The van der Waals surface area contributed by atoms with Crippen LogP contribution in [0.2, 0.25) is 0 Å². The maximum absolute atomic E-state index is 9.66. The first-order valence-electron chi connectivity index (χ1n) is 5.94. The Morgan fingerprint density at radius 1 is 1.32 bits per heavy atom. The SMILES string of the molecule is Cc1cccc(SCc2cnn3c(O)ccnc23)c1. The van der Waals surface area contributed by atoms with Crippen molar-refractivity contribution in [2.75, 3.05) is 0 Å². The average molecular weight is 271 g/mol. The molecular weight excluding hydrogens is 258 g/mol. The fraction of sp³-hybridized carbons (Fsp3) is 0.143. The molecule has 0 spiro atoms. The summed E-state index contributed by atoms with van der Waals surface area (Å²) in [4.78, 5) is 5.48. The first kappa shape index (κ1) is 12.0. The number of aromatic nitrogens is 3. The van der Waals surface area contributed by atoms with E-state index in [-0.39, 0.29) is 5.88 Å². The summed E-state index contributed by atoms with van der Waals surface area (Å²) in [5.41, 5.74) is 2.98. The minimum absolute atomic E-state index is 0.108. The van der Waals surface area contributed by atoms with Crippen LogP contribution in [-0.2, 0) is 5.75 Å². The molecule has 96 valence electrons. The van der Waals surface area contributed by atoms with E-state index in [9.17, 15) is 5.11 Å². The highest BCUT2D eigenvalue weighted by Crippen LogP contribution is 2.25. The minimum atomic E-state index is 0.108. The molecule has 0 saturated heterocycles. The molecule has 0 saturated carbocycles. The zero-order valence-corrected chi connectivity index (χ0v) is 11.3. The summed E-state index contributed by atoms with van der Waals surface area (Å²) in [6, 6.07) is 9.91. The van der Waals surface area contributed by atoms with Gasteiger partial charge >= 0.3 is 0 Å². The van der Waals surface area contributed by atoms with Crippen LogP contribution in [0.5, 0.6) is 5.88 Å². The lowest BCUT2D eigenvalue weighted by atomic mass is 10.2. The first-order valence-corrected chi connectivity index (χ1v) is 6.92. The van der Waals surface area contributed by atoms with Gasteiger partial charge in [0.2, 0.25) is 5.88 Å². The third kappa shape index (κ3) is 2.42. The van der Waals surface area contributed by atoms with Gasteiger partial charge in [-0.3, -0.25) is 0 Å². The van der Waals surface area contributed by atoms with Crippen molar-refractivity contribution in [3.63, 3.8) is 0 Å². The van der Waals surface area contributed by atoms with E-state index in [1.807, 2.05) is 0 Å². The third-order valence-corrected chi connectivity index (χ3v) is 3.88. The number of aryl methyl sites for hydroxylation is 1. The van der Waals surface area contributed by atoms with Gasteiger partial charge in [0, 0.05) is 28.5 Å². The lowest BCUT2D eigenvalue weighted by Gasteiger charge is -2.02. The number of hydrogen-bond donors (Lipinski definition) is 1. The Labute approximate surface area is 115 Å². The van der Waals surface area contributed by atoms with Crippen molar-refractivity contribution in [2.24, 2.45) is 0 Å². The summed E-state index contributed by atoms with van der Waals surface area (Å²) in [7, 11) is 0. The van der Waals surface area contributed by atoms with Gasteiger partial charge in [0.05, 0.1) is 6.20 Å².